The summed E-state index contributed by atoms with van der Waals surface area (Å²) in [6.45, 7) is 4.18. The van der Waals surface area contributed by atoms with Gasteiger partial charge in [-0.3, -0.25) is 0 Å². The molecule has 2 heterocycles. The van der Waals surface area contributed by atoms with E-state index in [2.05, 4.69) is 0 Å². The first-order valence-corrected chi connectivity index (χ1v) is 4.98. The van der Waals surface area contributed by atoms with Crippen LogP contribution >= 0.6 is 0 Å². The molecule has 0 saturated carbocycles. The Bertz CT molecular complexity index is 499. The van der Waals surface area contributed by atoms with Crippen LogP contribution in [-0.4, -0.2) is 17.0 Å². The van der Waals surface area contributed by atoms with Crippen molar-refractivity contribution < 1.29 is 9.53 Å². The van der Waals surface area contributed by atoms with E-state index in [9.17, 15) is 4.79 Å². The maximum atomic E-state index is 11.6. The zero-order valence-electron chi connectivity index (χ0n) is 8.86. The molecule has 0 aliphatic carbocycles. The number of aryl methyl sites for hydroxylation is 1. The highest BCUT2D eigenvalue weighted by Crippen LogP contribution is 2.17. The molecule has 0 saturated heterocycles. The number of hydrogen-bond acceptors (Lipinski definition) is 2. The number of rotatable bonds is 2. The third-order valence-electron chi connectivity index (χ3n) is 2.36. The number of pyridine rings is 1. The first-order valence-electron chi connectivity index (χ1n) is 4.98. The molecule has 0 fully saturated rings. The summed E-state index contributed by atoms with van der Waals surface area (Å²) in [6, 6.07) is 7.62. The lowest BCUT2D eigenvalue weighted by Crippen LogP contribution is -2.03. The van der Waals surface area contributed by atoms with Gasteiger partial charge >= 0.3 is 5.97 Å². The Labute approximate surface area is 88.3 Å². The maximum absolute atomic E-state index is 11.6. The first-order chi connectivity index (χ1) is 7.24. The highest BCUT2D eigenvalue weighted by Gasteiger charge is 2.13. The minimum Gasteiger partial charge on any atom is -0.462 e. The largest absolute Gasteiger partial charge is 0.462 e. The van der Waals surface area contributed by atoms with Crippen molar-refractivity contribution in [3.63, 3.8) is 0 Å². The summed E-state index contributed by atoms with van der Waals surface area (Å²) in [5.41, 5.74) is 2.57. The van der Waals surface area contributed by atoms with E-state index in [0.29, 0.717) is 12.2 Å². The Morgan fingerprint density at radius 1 is 1.47 bits per heavy atom. The summed E-state index contributed by atoms with van der Waals surface area (Å²) in [5, 5.41) is 0. The van der Waals surface area contributed by atoms with Crippen molar-refractivity contribution in [2.75, 3.05) is 6.61 Å². The van der Waals surface area contributed by atoms with Crippen LogP contribution in [0.2, 0.25) is 0 Å². The van der Waals surface area contributed by atoms with E-state index in [4.69, 9.17) is 4.74 Å². The van der Waals surface area contributed by atoms with Crippen LogP contribution < -0.4 is 0 Å². The van der Waals surface area contributed by atoms with Gasteiger partial charge in [-0.2, -0.15) is 0 Å². The lowest BCUT2D eigenvalue weighted by molar-refractivity contribution is 0.0529. The van der Waals surface area contributed by atoms with Gasteiger partial charge in [-0.15, -0.1) is 0 Å². The van der Waals surface area contributed by atoms with E-state index < -0.39 is 0 Å². The molecule has 0 aliphatic heterocycles. The van der Waals surface area contributed by atoms with Crippen molar-refractivity contribution in [2.45, 2.75) is 13.8 Å². The molecule has 0 aliphatic rings. The average Bonchev–Trinajstić information content (AvgIpc) is 2.58. The summed E-state index contributed by atoms with van der Waals surface area (Å²) in [5.74, 6) is -0.255. The SMILES string of the molecule is CCOC(=O)c1cc(C)n2ccccc12. The number of hydrogen-bond donors (Lipinski definition) is 0. The number of ether oxygens (including phenoxy) is 1. The summed E-state index contributed by atoms with van der Waals surface area (Å²) in [4.78, 5) is 11.6. The summed E-state index contributed by atoms with van der Waals surface area (Å²) in [6.07, 6.45) is 1.94. The van der Waals surface area contributed by atoms with E-state index >= 15 is 0 Å². The van der Waals surface area contributed by atoms with E-state index in [1.807, 2.05) is 48.7 Å². The van der Waals surface area contributed by atoms with E-state index in [1.54, 1.807) is 0 Å². The van der Waals surface area contributed by atoms with Gasteiger partial charge in [0.05, 0.1) is 17.7 Å². The lowest BCUT2D eigenvalue weighted by Gasteiger charge is -2.00. The average molecular weight is 203 g/mol. The molecule has 0 spiro atoms. The second-order valence-electron chi connectivity index (χ2n) is 3.38. The number of fused-ring (bicyclic) bond motifs is 1. The summed E-state index contributed by atoms with van der Waals surface area (Å²) < 4.78 is 6.98. The predicted octanol–water partition coefficient (Wildman–Crippen LogP) is 2.42. The van der Waals surface area contributed by atoms with Crippen LogP contribution in [0.3, 0.4) is 0 Å². The molecule has 3 heteroatoms. The maximum Gasteiger partial charge on any atom is 0.340 e. The number of esters is 1. The molecule has 0 amide bonds. The fourth-order valence-corrected chi connectivity index (χ4v) is 1.69. The number of carbonyl (C=O) groups is 1. The normalized spacial score (nSPS) is 10.5. The fraction of sp³-hybridized carbons (Fsp3) is 0.250. The minimum atomic E-state index is -0.255. The van der Waals surface area contributed by atoms with Gasteiger partial charge in [0.25, 0.3) is 0 Å². The molecule has 2 aromatic heterocycles. The monoisotopic (exact) mass is 203 g/mol. The van der Waals surface area contributed by atoms with Gasteiger partial charge < -0.3 is 9.14 Å². The molecule has 15 heavy (non-hydrogen) atoms. The molecule has 2 aromatic rings. The molecule has 0 aromatic carbocycles. The van der Waals surface area contributed by atoms with Gasteiger partial charge in [0, 0.05) is 11.9 Å². The second-order valence-corrected chi connectivity index (χ2v) is 3.38. The Balaban J connectivity index is 2.57. The summed E-state index contributed by atoms with van der Waals surface area (Å²) in [7, 11) is 0. The van der Waals surface area contributed by atoms with Gasteiger partial charge in [-0.1, -0.05) is 6.07 Å². The van der Waals surface area contributed by atoms with Gasteiger partial charge in [0.15, 0.2) is 0 Å². The van der Waals surface area contributed by atoms with Crippen molar-refractivity contribution in [3.8, 4) is 0 Å². The Kier molecular flexibility index (Phi) is 2.46. The number of nitrogens with zero attached hydrogens (tertiary/aromatic N) is 1. The van der Waals surface area contributed by atoms with Crippen LogP contribution in [0.25, 0.3) is 5.52 Å². The van der Waals surface area contributed by atoms with Crippen molar-refractivity contribution >= 4 is 11.5 Å². The highest BCUT2D eigenvalue weighted by atomic mass is 16.5. The molecular formula is C12H13NO2. The van der Waals surface area contributed by atoms with Crippen molar-refractivity contribution in [1.29, 1.82) is 0 Å². The molecule has 0 radical (unpaired) electrons. The first kappa shape index (κ1) is 9.77. The standard InChI is InChI=1S/C12H13NO2/c1-3-15-12(14)10-8-9(2)13-7-5-4-6-11(10)13/h4-8H,3H2,1-2H3. The van der Waals surface area contributed by atoms with Crippen molar-refractivity contribution in [1.82, 2.24) is 4.40 Å². The Hall–Kier alpha value is -1.77. The molecule has 0 atom stereocenters. The predicted molar refractivity (Wildman–Crippen MR) is 58.1 cm³/mol. The van der Waals surface area contributed by atoms with E-state index in [-0.39, 0.29) is 5.97 Å². The minimum absolute atomic E-state index is 0.255. The third kappa shape index (κ3) is 1.61. The van der Waals surface area contributed by atoms with Crippen molar-refractivity contribution in [2.24, 2.45) is 0 Å². The zero-order chi connectivity index (χ0) is 10.8. The Morgan fingerprint density at radius 2 is 2.27 bits per heavy atom. The van der Waals surface area contributed by atoms with Crippen molar-refractivity contribution in [3.05, 3.63) is 41.7 Å². The topological polar surface area (TPSA) is 30.7 Å². The van der Waals surface area contributed by atoms with Crippen LogP contribution in [-0.2, 0) is 4.74 Å². The molecule has 0 N–H and O–H groups in total. The van der Waals surface area contributed by atoms with Gasteiger partial charge in [0.2, 0.25) is 0 Å². The van der Waals surface area contributed by atoms with Crippen LogP contribution in [0.15, 0.2) is 30.5 Å². The van der Waals surface area contributed by atoms with Gasteiger partial charge in [0.1, 0.15) is 0 Å². The van der Waals surface area contributed by atoms with Crippen LogP contribution in [0, 0.1) is 6.92 Å². The number of carbonyl (C=O) groups excluding carboxylic acids is 1. The molecule has 3 nitrogen and oxygen atoms in total. The molecule has 78 valence electrons. The molecule has 0 bridgehead atoms. The lowest BCUT2D eigenvalue weighted by atomic mass is 10.2. The van der Waals surface area contributed by atoms with E-state index in [1.165, 1.54) is 0 Å². The molecule has 2 rings (SSSR count). The molecular weight excluding hydrogens is 190 g/mol. The summed E-state index contributed by atoms with van der Waals surface area (Å²) >= 11 is 0. The van der Waals surface area contributed by atoms with Crippen LogP contribution in [0.4, 0.5) is 0 Å². The smallest absolute Gasteiger partial charge is 0.340 e. The van der Waals surface area contributed by atoms with Gasteiger partial charge in [-0.25, -0.2) is 4.79 Å². The molecule has 0 unspecified atom stereocenters. The fourth-order valence-electron chi connectivity index (χ4n) is 1.69. The Morgan fingerprint density at radius 3 is 3.00 bits per heavy atom. The number of aromatic nitrogens is 1. The van der Waals surface area contributed by atoms with Gasteiger partial charge in [-0.05, 0) is 32.0 Å². The highest BCUT2D eigenvalue weighted by molar-refractivity contribution is 5.97. The second kappa shape index (κ2) is 3.77. The van der Waals surface area contributed by atoms with Crippen LogP contribution in [0.5, 0.6) is 0 Å². The van der Waals surface area contributed by atoms with Crippen LogP contribution in [0.1, 0.15) is 23.0 Å². The van der Waals surface area contributed by atoms with E-state index in [0.717, 1.165) is 11.2 Å². The third-order valence-corrected chi connectivity index (χ3v) is 2.36. The quantitative estimate of drug-likeness (QED) is 0.702. The zero-order valence-corrected chi connectivity index (χ0v) is 8.86.